The molecule has 3 rings (SSSR count). The van der Waals surface area contributed by atoms with Crippen molar-refractivity contribution in [3.63, 3.8) is 0 Å². The minimum Gasteiger partial charge on any atom is -0.461 e. The Morgan fingerprint density at radius 3 is 2.85 bits per heavy atom. The van der Waals surface area contributed by atoms with Crippen molar-refractivity contribution < 1.29 is 9.53 Å². The average molecular weight is 277 g/mol. The number of allylic oxidation sites excluding steroid dienone is 2. The third kappa shape index (κ3) is 2.78. The van der Waals surface area contributed by atoms with E-state index in [4.69, 9.17) is 4.74 Å². The summed E-state index contributed by atoms with van der Waals surface area (Å²) in [4.78, 5) is 14.4. The smallest absolute Gasteiger partial charge is 0.310 e. The highest BCUT2D eigenvalue weighted by atomic mass is 16.6. The molecule has 0 radical (unpaired) electrons. The standard InChI is InChI=1S/C17H27NO2/c1-11-5-4-6-12-9-14(12)16-13(8-7-11)15(10-18(2)3)17(19)20-16/h5,12-16H,4,6-10H2,1-3H3. The van der Waals surface area contributed by atoms with Crippen molar-refractivity contribution in [2.45, 2.75) is 45.1 Å². The van der Waals surface area contributed by atoms with Gasteiger partial charge in [0.2, 0.25) is 0 Å². The summed E-state index contributed by atoms with van der Waals surface area (Å²) in [6.45, 7) is 3.07. The molecule has 3 nitrogen and oxygen atoms in total. The minimum absolute atomic E-state index is 0.0558. The molecule has 1 heterocycles. The van der Waals surface area contributed by atoms with E-state index in [0.29, 0.717) is 11.8 Å². The number of ether oxygens (including phenoxy) is 1. The van der Waals surface area contributed by atoms with Gasteiger partial charge in [-0.2, -0.15) is 0 Å². The molecule has 0 aromatic rings. The first-order chi connectivity index (χ1) is 9.56. The quantitative estimate of drug-likeness (QED) is 0.574. The Labute approximate surface area is 122 Å². The fourth-order valence-corrected chi connectivity index (χ4v) is 4.13. The molecule has 1 saturated heterocycles. The lowest BCUT2D eigenvalue weighted by Crippen LogP contribution is -2.31. The van der Waals surface area contributed by atoms with E-state index in [-0.39, 0.29) is 18.0 Å². The van der Waals surface area contributed by atoms with Gasteiger partial charge in [0.15, 0.2) is 0 Å². The van der Waals surface area contributed by atoms with Crippen molar-refractivity contribution in [3.05, 3.63) is 11.6 Å². The molecule has 20 heavy (non-hydrogen) atoms. The molecule has 1 saturated carbocycles. The molecule has 0 bridgehead atoms. The predicted molar refractivity (Wildman–Crippen MR) is 79.2 cm³/mol. The lowest BCUT2D eigenvalue weighted by atomic mass is 9.82. The van der Waals surface area contributed by atoms with Gasteiger partial charge in [0.1, 0.15) is 6.10 Å². The van der Waals surface area contributed by atoms with E-state index in [1.807, 2.05) is 14.1 Å². The first kappa shape index (κ1) is 14.1. The molecule has 0 spiro atoms. The number of hydrogen-bond acceptors (Lipinski definition) is 3. The topological polar surface area (TPSA) is 29.5 Å². The highest BCUT2D eigenvalue weighted by Gasteiger charge is 2.54. The van der Waals surface area contributed by atoms with Crippen LogP contribution in [0.3, 0.4) is 0 Å². The van der Waals surface area contributed by atoms with Crippen LogP contribution in [0.2, 0.25) is 0 Å². The lowest BCUT2D eigenvalue weighted by Gasteiger charge is -2.24. The van der Waals surface area contributed by atoms with Crippen molar-refractivity contribution in [1.82, 2.24) is 4.90 Å². The van der Waals surface area contributed by atoms with E-state index in [1.54, 1.807) is 0 Å². The fourth-order valence-electron chi connectivity index (χ4n) is 4.13. The first-order valence-electron chi connectivity index (χ1n) is 8.07. The first-order valence-corrected chi connectivity index (χ1v) is 8.07. The van der Waals surface area contributed by atoms with Gasteiger partial charge in [0.05, 0.1) is 5.92 Å². The van der Waals surface area contributed by atoms with Crippen LogP contribution in [-0.4, -0.2) is 37.6 Å². The van der Waals surface area contributed by atoms with Crippen molar-refractivity contribution in [3.8, 4) is 0 Å². The molecule has 1 aliphatic heterocycles. The second kappa shape index (κ2) is 5.51. The SMILES string of the molecule is CC1=CCCC2CC2C2OC(=O)C(CN(C)C)C2CC1. The highest BCUT2D eigenvalue weighted by molar-refractivity contribution is 5.75. The number of rotatable bonds is 2. The summed E-state index contributed by atoms with van der Waals surface area (Å²) in [7, 11) is 4.09. The maximum atomic E-state index is 12.3. The van der Waals surface area contributed by atoms with Crippen LogP contribution in [0.15, 0.2) is 11.6 Å². The van der Waals surface area contributed by atoms with Gasteiger partial charge in [-0.3, -0.25) is 4.79 Å². The largest absolute Gasteiger partial charge is 0.461 e. The summed E-state index contributed by atoms with van der Waals surface area (Å²) in [6.07, 6.45) is 8.62. The van der Waals surface area contributed by atoms with Crippen LogP contribution in [0.5, 0.6) is 0 Å². The van der Waals surface area contributed by atoms with Gasteiger partial charge >= 0.3 is 5.97 Å². The van der Waals surface area contributed by atoms with Crippen molar-refractivity contribution in [2.75, 3.05) is 20.6 Å². The van der Waals surface area contributed by atoms with Crippen LogP contribution in [0, 0.1) is 23.7 Å². The van der Waals surface area contributed by atoms with Gasteiger partial charge in [-0.15, -0.1) is 0 Å². The van der Waals surface area contributed by atoms with Gasteiger partial charge in [-0.05, 0) is 65.0 Å². The number of nitrogens with zero attached hydrogens (tertiary/aromatic N) is 1. The molecule has 112 valence electrons. The average Bonchev–Trinajstić information content (AvgIpc) is 3.08. The van der Waals surface area contributed by atoms with Crippen LogP contribution < -0.4 is 0 Å². The molecule has 3 heteroatoms. The summed E-state index contributed by atoms with van der Waals surface area (Å²) >= 11 is 0. The Bertz CT molecular complexity index is 415. The van der Waals surface area contributed by atoms with E-state index < -0.39 is 0 Å². The Morgan fingerprint density at radius 1 is 1.30 bits per heavy atom. The molecule has 0 aromatic heterocycles. The number of hydrogen-bond donors (Lipinski definition) is 0. The summed E-state index contributed by atoms with van der Waals surface area (Å²) in [5.41, 5.74) is 1.49. The number of esters is 1. The predicted octanol–water partition coefficient (Wildman–Crippen LogP) is 2.86. The lowest BCUT2D eigenvalue weighted by molar-refractivity contribution is -0.145. The Hall–Kier alpha value is -0.830. The van der Waals surface area contributed by atoms with Crippen LogP contribution in [-0.2, 0) is 9.53 Å². The molecule has 0 aromatic carbocycles. The van der Waals surface area contributed by atoms with E-state index >= 15 is 0 Å². The van der Waals surface area contributed by atoms with Crippen LogP contribution >= 0.6 is 0 Å². The summed E-state index contributed by atoms with van der Waals surface area (Å²) in [5.74, 6) is 2.03. The van der Waals surface area contributed by atoms with Crippen LogP contribution in [0.1, 0.15) is 39.0 Å². The van der Waals surface area contributed by atoms with Gasteiger partial charge in [0, 0.05) is 12.5 Å². The molecule has 0 N–H and O–H groups in total. The number of carbonyl (C=O) groups excluding carboxylic acids is 1. The van der Waals surface area contributed by atoms with Crippen molar-refractivity contribution in [2.24, 2.45) is 23.7 Å². The van der Waals surface area contributed by atoms with Gasteiger partial charge in [-0.1, -0.05) is 11.6 Å². The Kier molecular flexibility index (Phi) is 3.89. The molecule has 2 fully saturated rings. The summed E-state index contributed by atoms with van der Waals surface area (Å²) in [5, 5.41) is 0. The maximum Gasteiger partial charge on any atom is 0.310 e. The van der Waals surface area contributed by atoms with E-state index in [0.717, 1.165) is 25.3 Å². The van der Waals surface area contributed by atoms with Gasteiger partial charge in [0.25, 0.3) is 0 Å². The molecule has 5 atom stereocenters. The van der Waals surface area contributed by atoms with Crippen LogP contribution in [0.4, 0.5) is 0 Å². The Morgan fingerprint density at radius 2 is 2.10 bits per heavy atom. The summed E-state index contributed by atoms with van der Waals surface area (Å²) < 4.78 is 5.81. The van der Waals surface area contributed by atoms with Crippen molar-refractivity contribution in [1.29, 1.82) is 0 Å². The van der Waals surface area contributed by atoms with E-state index in [1.165, 1.54) is 24.8 Å². The van der Waals surface area contributed by atoms with E-state index in [9.17, 15) is 4.79 Å². The van der Waals surface area contributed by atoms with Gasteiger partial charge in [-0.25, -0.2) is 0 Å². The normalized spacial score (nSPS) is 40.7. The fraction of sp³-hybridized carbons (Fsp3) is 0.824. The zero-order valence-corrected chi connectivity index (χ0v) is 13.0. The number of carbonyl (C=O) groups is 1. The minimum atomic E-state index is 0.0558. The third-order valence-corrected chi connectivity index (χ3v) is 5.36. The summed E-state index contributed by atoms with van der Waals surface area (Å²) in [6, 6.07) is 0. The molecule has 5 unspecified atom stereocenters. The van der Waals surface area contributed by atoms with Crippen molar-refractivity contribution >= 4 is 5.97 Å². The maximum absolute atomic E-state index is 12.3. The van der Waals surface area contributed by atoms with E-state index in [2.05, 4.69) is 17.9 Å². The Balaban J connectivity index is 1.78. The molecular formula is C17H27NO2. The molecule has 2 aliphatic carbocycles. The van der Waals surface area contributed by atoms with Gasteiger partial charge < -0.3 is 9.64 Å². The second-order valence-electron chi connectivity index (χ2n) is 7.26. The highest BCUT2D eigenvalue weighted by Crippen LogP contribution is 2.52. The molecule has 3 aliphatic rings. The monoisotopic (exact) mass is 277 g/mol. The zero-order chi connectivity index (χ0) is 14.3. The number of fused-ring (bicyclic) bond motifs is 3. The zero-order valence-electron chi connectivity index (χ0n) is 13.0. The third-order valence-electron chi connectivity index (χ3n) is 5.36. The molecular weight excluding hydrogens is 250 g/mol. The van der Waals surface area contributed by atoms with Crippen LogP contribution in [0.25, 0.3) is 0 Å². The second-order valence-corrected chi connectivity index (χ2v) is 7.26. The molecule has 0 amide bonds.